The molecule has 1 N–H and O–H groups in total. The first-order valence-corrected chi connectivity index (χ1v) is 11.8. The molecule has 7 unspecified atom stereocenters. The van der Waals surface area contributed by atoms with E-state index in [1.807, 2.05) is 0 Å². The molecule has 11 atom stereocenters. The zero-order valence-electron chi connectivity index (χ0n) is 17.5. The Morgan fingerprint density at radius 3 is 2.67 bits per heavy atom. The van der Waals surface area contributed by atoms with Crippen LogP contribution in [0, 0.1) is 40.4 Å². The molecule has 4 saturated carbocycles. The second-order valence-electron chi connectivity index (χ2n) is 11.8. The minimum Gasteiger partial charge on any atom is -0.393 e. The fourth-order valence-electron chi connectivity index (χ4n) is 9.42. The van der Waals surface area contributed by atoms with Gasteiger partial charge in [-0.05, 0) is 86.4 Å². The van der Waals surface area contributed by atoms with Crippen molar-refractivity contribution in [3.63, 3.8) is 0 Å². The van der Waals surface area contributed by atoms with E-state index in [9.17, 15) is 5.11 Å². The third-order valence-electron chi connectivity index (χ3n) is 10.9. The molecule has 2 saturated heterocycles. The van der Waals surface area contributed by atoms with Gasteiger partial charge in [0.05, 0.1) is 24.9 Å². The molecule has 0 aromatic carbocycles. The number of fused-ring (bicyclic) bond motifs is 4. The Kier molecular flexibility index (Phi) is 3.62. The van der Waals surface area contributed by atoms with Gasteiger partial charge < -0.3 is 14.6 Å². The fourth-order valence-corrected chi connectivity index (χ4v) is 9.42. The van der Waals surface area contributed by atoms with E-state index < -0.39 is 0 Å². The molecule has 3 heteroatoms. The molecule has 0 bridgehead atoms. The van der Waals surface area contributed by atoms with E-state index in [4.69, 9.17) is 9.47 Å². The first-order valence-electron chi connectivity index (χ1n) is 11.8. The smallest absolute Gasteiger partial charge is 0.103 e. The quantitative estimate of drug-likeness (QED) is 0.737. The van der Waals surface area contributed by atoms with Crippen LogP contribution in [0.3, 0.4) is 0 Å². The maximum Gasteiger partial charge on any atom is 0.103 e. The third-order valence-corrected chi connectivity index (χ3v) is 10.9. The SMILES string of the molecule is C[C@@H](C[C@@H]1CO1)C1CCC2C3CC4OC45CC(O)CC[C@]5(C)C3CC[C@@]21C. The highest BCUT2D eigenvalue weighted by Gasteiger charge is 2.76. The standard InChI is InChI=1S/C24H38O3/c1-14(10-16-13-26-16)18-4-5-19-17-11-21-24(27-21)12-15(25)6-9-23(24,3)20(17)7-8-22(18,19)2/h14-21,25H,4-13H2,1-3H3/t14-,15?,16+,17?,18?,19?,20?,21?,22+,23+,24?/m0/s1. The highest BCUT2D eigenvalue weighted by atomic mass is 16.6. The van der Waals surface area contributed by atoms with Crippen LogP contribution in [0.1, 0.15) is 78.6 Å². The zero-order valence-corrected chi connectivity index (χ0v) is 17.5. The van der Waals surface area contributed by atoms with Crippen molar-refractivity contribution in [2.24, 2.45) is 40.4 Å². The first-order chi connectivity index (χ1) is 12.9. The minimum absolute atomic E-state index is 0.0359. The molecule has 3 nitrogen and oxygen atoms in total. The second-order valence-corrected chi connectivity index (χ2v) is 11.8. The molecule has 0 aromatic heterocycles. The van der Waals surface area contributed by atoms with E-state index in [1.54, 1.807) is 0 Å². The summed E-state index contributed by atoms with van der Waals surface area (Å²) in [5.41, 5.74) is 0.885. The highest BCUT2D eigenvalue weighted by Crippen LogP contribution is 2.74. The van der Waals surface area contributed by atoms with Crippen molar-refractivity contribution >= 4 is 0 Å². The number of epoxide rings is 2. The Bertz CT molecular complexity index is 631. The minimum atomic E-state index is -0.130. The van der Waals surface area contributed by atoms with Crippen LogP contribution < -0.4 is 0 Å². The Balaban J connectivity index is 1.27. The van der Waals surface area contributed by atoms with E-state index in [0.717, 1.165) is 49.0 Å². The van der Waals surface area contributed by atoms with E-state index in [0.29, 0.717) is 23.0 Å². The van der Waals surface area contributed by atoms with Gasteiger partial charge in [-0.2, -0.15) is 0 Å². The lowest BCUT2D eigenvalue weighted by atomic mass is 9.44. The van der Waals surface area contributed by atoms with E-state index in [2.05, 4.69) is 20.8 Å². The van der Waals surface area contributed by atoms with Gasteiger partial charge in [-0.25, -0.2) is 0 Å². The largest absolute Gasteiger partial charge is 0.393 e. The molecule has 0 radical (unpaired) electrons. The predicted octanol–water partition coefficient (Wildman–Crippen LogP) is 4.56. The normalized spacial score (nSPS) is 62.0. The Hall–Kier alpha value is -0.120. The van der Waals surface area contributed by atoms with Gasteiger partial charge in [0.2, 0.25) is 0 Å². The maximum absolute atomic E-state index is 10.3. The van der Waals surface area contributed by atoms with Crippen LogP contribution in [-0.4, -0.2) is 35.6 Å². The summed E-state index contributed by atoms with van der Waals surface area (Å²) in [7, 11) is 0. The van der Waals surface area contributed by atoms with Crippen molar-refractivity contribution in [2.75, 3.05) is 6.61 Å². The van der Waals surface area contributed by atoms with Crippen LogP contribution >= 0.6 is 0 Å². The predicted molar refractivity (Wildman–Crippen MR) is 104 cm³/mol. The van der Waals surface area contributed by atoms with Crippen LogP contribution in [0.25, 0.3) is 0 Å². The molecular formula is C24H38O3. The van der Waals surface area contributed by atoms with Gasteiger partial charge in [-0.15, -0.1) is 0 Å². The lowest BCUT2D eigenvalue weighted by Gasteiger charge is -2.59. The number of rotatable bonds is 3. The molecule has 0 amide bonds. The molecule has 6 fully saturated rings. The molecule has 4 aliphatic carbocycles. The van der Waals surface area contributed by atoms with Crippen LogP contribution in [0.4, 0.5) is 0 Å². The Labute approximate surface area is 164 Å². The summed E-state index contributed by atoms with van der Waals surface area (Å²) in [6, 6.07) is 0. The number of hydrogen-bond acceptors (Lipinski definition) is 3. The van der Waals surface area contributed by atoms with Gasteiger partial charge in [0.25, 0.3) is 0 Å². The van der Waals surface area contributed by atoms with E-state index in [1.165, 1.54) is 44.9 Å². The first kappa shape index (κ1) is 17.7. The third kappa shape index (κ3) is 2.26. The topological polar surface area (TPSA) is 45.3 Å². The van der Waals surface area contributed by atoms with Crippen LogP contribution in [-0.2, 0) is 9.47 Å². The summed E-state index contributed by atoms with van der Waals surface area (Å²) in [5.74, 6) is 4.28. The van der Waals surface area contributed by atoms with Gasteiger partial charge in [0.1, 0.15) is 5.60 Å². The van der Waals surface area contributed by atoms with Crippen molar-refractivity contribution < 1.29 is 14.6 Å². The van der Waals surface area contributed by atoms with Gasteiger partial charge >= 0.3 is 0 Å². The molecule has 27 heavy (non-hydrogen) atoms. The summed E-state index contributed by atoms with van der Waals surface area (Å²) in [6.45, 7) is 8.70. The summed E-state index contributed by atoms with van der Waals surface area (Å²) in [5, 5.41) is 10.3. The summed E-state index contributed by atoms with van der Waals surface area (Å²) in [6.07, 6.45) is 12.2. The maximum atomic E-state index is 10.3. The summed E-state index contributed by atoms with van der Waals surface area (Å²) >= 11 is 0. The van der Waals surface area contributed by atoms with E-state index in [-0.39, 0.29) is 11.7 Å². The van der Waals surface area contributed by atoms with Gasteiger partial charge in [0.15, 0.2) is 0 Å². The summed E-state index contributed by atoms with van der Waals surface area (Å²) in [4.78, 5) is 0. The number of aliphatic hydroxyl groups excluding tert-OH is 1. The number of hydrogen-bond donors (Lipinski definition) is 1. The van der Waals surface area contributed by atoms with Gasteiger partial charge in [-0.1, -0.05) is 20.8 Å². The highest BCUT2D eigenvalue weighted by molar-refractivity contribution is 5.24. The Morgan fingerprint density at radius 2 is 1.89 bits per heavy atom. The Morgan fingerprint density at radius 1 is 1.07 bits per heavy atom. The molecule has 152 valence electrons. The second kappa shape index (κ2) is 5.52. The molecule has 6 rings (SSSR count). The average molecular weight is 375 g/mol. The van der Waals surface area contributed by atoms with Crippen LogP contribution in [0.5, 0.6) is 0 Å². The van der Waals surface area contributed by atoms with Crippen LogP contribution in [0.15, 0.2) is 0 Å². The zero-order chi connectivity index (χ0) is 18.6. The molecule has 0 aromatic rings. The van der Waals surface area contributed by atoms with Crippen LogP contribution in [0.2, 0.25) is 0 Å². The monoisotopic (exact) mass is 374 g/mol. The molecular weight excluding hydrogens is 336 g/mol. The van der Waals surface area contributed by atoms with Gasteiger partial charge in [0, 0.05) is 11.8 Å². The lowest BCUT2D eigenvalue weighted by molar-refractivity contribution is -0.116. The average Bonchev–Trinajstić information content (AvgIpc) is 3.51. The summed E-state index contributed by atoms with van der Waals surface area (Å²) < 4.78 is 12.0. The van der Waals surface area contributed by atoms with Gasteiger partial charge in [-0.3, -0.25) is 0 Å². The van der Waals surface area contributed by atoms with Crippen molar-refractivity contribution in [3.05, 3.63) is 0 Å². The lowest BCUT2D eigenvalue weighted by Crippen LogP contribution is -2.58. The molecule has 6 aliphatic rings. The van der Waals surface area contributed by atoms with Crippen molar-refractivity contribution in [2.45, 2.75) is 102 Å². The number of aliphatic hydroxyl groups is 1. The number of ether oxygens (including phenoxy) is 2. The van der Waals surface area contributed by atoms with E-state index >= 15 is 0 Å². The molecule has 1 spiro atoms. The van der Waals surface area contributed by atoms with Crippen molar-refractivity contribution in [3.8, 4) is 0 Å². The molecule has 2 aliphatic heterocycles. The molecule has 2 heterocycles. The van der Waals surface area contributed by atoms with Crippen molar-refractivity contribution in [1.82, 2.24) is 0 Å². The fraction of sp³-hybridized carbons (Fsp3) is 1.00. The van der Waals surface area contributed by atoms with Crippen molar-refractivity contribution in [1.29, 1.82) is 0 Å².